The van der Waals surface area contributed by atoms with Gasteiger partial charge in [0, 0.05) is 11.1 Å². The summed E-state index contributed by atoms with van der Waals surface area (Å²) in [6.07, 6.45) is -0.736. The van der Waals surface area contributed by atoms with E-state index < -0.39 is 35.3 Å². The molecule has 0 unspecified atom stereocenters. The summed E-state index contributed by atoms with van der Waals surface area (Å²) in [7, 11) is 0. The maximum atomic E-state index is 13.8. The van der Waals surface area contributed by atoms with Crippen molar-refractivity contribution in [1.29, 1.82) is 0 Å². The highest BCUT2D eigenvalue weighted by molar-refractivity contribution is 5.81. The van der Waals surface area contributed by atoms with Crippen molar-refractivity contribution in [2.45, 2.75) is 18.6 Å². The summed E-state index contributed by atoms with van der Waals surface area (Å²) in [5.74, 6) is -1.49. The molecule has 0 N–H and O–H groups in total. The molecule has 1 aliphatic rings. The van der Waals surface area contributed by atoms with Gasteiger partial charge in [-0.3, -0.25) is 9.69 Å². The Bertz CT molecular complexity index is 1060. The van der Waals surface area contributed by atoms with Gasteiger partial charge >= 0.3 is 12.1 Å². The van der Waals surface area contributed by atoms with Crippen LogP contribution in [-0.4, -0.2) is 30.1 Å². The van der Waals surface area contributed by atoms with Crippen molar-refractivity contribution in [2.75, 3.05) is 13.2 Å². The minimum absolute atomic E-state index is 0.165. The smallest absolute Gasteiger partial charge is 0.412 e. The van der Waals surface area contributed by atoms with Crippen LogP contribution in [0.4, 0.5) is 13.6 Å². The maximum absolute atomic E-state index is 13.8. The van der Waals surface area contributed by atoms with Gasteiger partial charge in [-0.1, -0.05) is 54.6 Å². The van der Waals surface area contributed by atoms with Crippen molar-refractivity contribution in [3.63, 3.8) is 0 Å². The van der Waals surface area contributed by atoms with Crippen molar-refractivity contribution in [3.05, 3.63) is 107 Å². The third kappa shape index (κ3) is 3.82. The maximum Gasteiger partial charge on any atom is 0.412 e. The fourth-order valence-corrected chi connectivity index (χ4v) is 4.12. The molecule has 5 nitrogen and oxygen atoms in total. The van der Waals surface area contributed by atoms with E-state index in [9.17, 15) is 18.4 Å². The number of halogens is 2. The van der Waals surface area contributed by atoms with E-state index in [1.165, 1.54) is 53.4 Å². The molecule has 4 rings (SSSR count). The molecule has 32 heavy (non-hydrogen) atoms. The number of cyclic esters (lactones) is 1. The number of ether oxygens (including phenoxy) is 2. The number of nitrogens with zero attached hydrogens (tertiary/aromatic N) is 1. The summed E-state index contributed by atoms with van der Waals surface area (Å²) in [5.41, 5.74) is 0.209. The zero-order valence-corrected chi connectivity index (χ0v) is 17.3. The fourth-order valence-electron chi connectivity index (χ4n) is 4.12. The molecule has 3 aromatic rings. The van der Waals surface area contributed by atoms with Crippen molar-refractivity contribution >= 4 is 12.1 Å². The lowest BCUT2D eigenvalue weighted by Gasteiger charge is -2.36. The first kappa shape index (κ1) is 21.5. The Morgan fingerprint density at radius 2 is 1.47 bits per heavy atom. The Balaban J connectivity index is 1.95. The predicted octanol–water partition coefficient (Wildman–Crippen LogP) is 4.97. The van der Waals surface area contributed by atoms with Gasteiger partial charge in [-0.25, -0.2) is 13.6 Å². The van der Waals surface area contributed by atoms with Gasteiger partial charge in [0.25, 0.3) is 0 Å². The molecule has 0 spiro atoms. The summed E-state index contributed by atoms with van der Waals surface area (Å²) in [6, 6.07) is 19.4. The second-order valence-corrected chi connectivity index (χ2v) is 7.36. The lowest BCUT2D eigenvalue weighted by molar-refractivity contribution is -0.144. The average molecular weight is 437 g/mol. The van der Waals surface area contributed by atoms with Gasteiger partial charge in [0.2, 0.25) is 0 Å². The molecule has 1 amide bonds. The Hall–Kier alpha value is -3.74. The minimum Gasteiger partial charge on any atom is -0.465 e. The van der Waals surface area contributed by atoms with Crippen LogP contribution in [0.3, 0.4) is 0 Å². The Kier molecular flexibility index (Phi) is 5.90. The third-order valence-electron chi connectivity index (χ3n) is 5.45. The quantitative estimate of drug-likeness (QED) is 0.511. The van der Waals surface area contributed by atoms with Gasteiger partial charge in [-0.2, -0.15) is 0 Å². The first-order valence-corrected chi connectivity index (χ1v) is 10.2. The third-order valence-corrected chi connectivity index (χ3v) is 5.45. The van der Waals surface area contributed by atoms with Gasteiger partial charge in [-0.05, 0) is 36.8 Å². The fraction of sp³-hybridized carbons (Fsp3) is 0.200. The molecule has 1 heterocycles. The minimum atomic E-state index is -1.45. The van der Waals surface area contributed by atoms with Gasteiger partial charge < -0.3 is 9.47 Å². The molecule has 7 heteroatoms. The number of hydrogen-bond donors (Lipinski definition) is 0. The summed E-state index contributed by atoms with van der Waals surface area (Å²) in [5, 5.41) is 0. The molecule has 0 saturated carbocycles. The monoisotopic (exact) mass is 437 g/mol. The molecule has 164 valence electrons. The van der Waals surface area contributed by atoms with Gasteiger partial charge in [0.15, 0.2) is 5.60 Å². The van der Waals surface area contributed by atoms with E-state index in [1.807, 2.05) is 18.2 Å². The Morgan fingerprint density at radius 1 is 0.938 bits per heavy atom. The van der Waals surface area contributed by atoms with E-state index in [1.54, 1.807) is 19.1 Å². The lowest BCUT2D eigenvalue weighted by atomic mass is 9.77. The number of hydrogen-bond acceptors (Lipinski definition) is 4. The first-order valence-electron chi connectivity index (χ1n) is 10.2. The SMILES string of the molecule is CCOC(=O)CN1C(=O)OC(c2ccc(F)cc2)(c2ccc(F)cc2)[C@@H]1c1ccccc1. The van der Waals surface area contributed by atoms with Crippen LogP contribution in [0.5, 0.6) is 0 Å². The molecular weight excluding hydrogens is 416 g/mol. The summed E-state index contributed by atoms with van der Waals surface area (Å²) < 4.78 is 38.6. The second-order valence-electron chi connectivity index (χ2n) is 7.36. The van der Waals surface area contributed by atoms with Crippen LogP contribution < -0.4 is 0 Å². The van der Waals surface area contributed by atoms with E-state index in [2.05, 4.69) is 0 Å². The Morgan fingerprint density at radius 3 is 1.97 bits per heavy atom. The summed E-state index contributed by atoms with van der Waals surface area (Å²) in [4.78, 5) is 26.8. The van der Waals surface area contributed by atoms with Crippen molar-refractivity contribution < 1.29 is 27.8 Å². The summed E-state index contributed by atoms with van der Waals surface area (Å²) >= 11 is 0. The standard InChI is InChI=1S/C25H21F2NO4/c1-2-31-22(29)16-28-23(17-6-4-3-5-7-17)25(32-24(28)30,18-8-12-20(26)13-9-18)19-10-14-21(27)15-11-19/h3-15,23H,2,16H2,1H3/t23-/m0/s1. The van der Waals surface area contributed by atoms with Gasteiger partial charge in [0.1, 0.15) is 24.2 Å². The van der Waals surface area contributed by atoms with E-state index in [4.69, 9.17) is 9.47 Å². The average Bonchev–Trinajstić information content (AvgIpc) is 3.08. The number of carbonyl (C=O) groups is 2. The zero-order valence-electron chi connectivity index (χ0n) is 17.3. The number of benzene rings is 3. The van der Waals surface area contributed by atoms with Gasteiger partial charge in [0.05, 0.1) is 6.61 Å². The number of amides is 1. The molecular formula is C25H21F2NO4. The predicted molar refractivity (Wildman–Crippen MR) is 113 cm³/mol. The van der Waals surface area contributed by atoms with Crippen LogP contribution in [0.2, 0.25) is 0 Å². The van der Waals surface area contributed by atoms with Crippen molar-refractivity contribution in [3.8, 4) is 0 Å². The first-order chi connectivity index (χ1) is 15.5. The molecule has 1 saturated heterocycles. The number of rotatable bonds is 6. The van der Waals surface area contributed by atoms with E-state index in [0.29, 0.717) is 16.7 Å². The molecule has 1 aliphatic heterocycles. The molecule has 0 radical (unpaired) electrons. The second kappa shape index (κ2) is 8.78. The summed E-state index contributed by atoms with van der Waals surface area (Å²) in [6.45, 7) is 1.51. The van der Waals surface area contributed by atoms with E-state index in [0.717, 1.165) is 0 Å². The Labute approximate surface area is 184 Å². The molecule has 3 aromatic carbocycles. The zero-order chi connectivity index (χ0) is 22.7. The van der Waals surface area contributed by atoms with Crippen LogP contribution in [0.25, 0.3) is 0 Å². The highest BCUT2D eigenvalue weighted by Crippen LogP contribution is 2.52. The highest BCUT2D eigenvalue weighted by Gasteiger charge is 2.57. The molecule has 0 aliphatic carbocycles. The van der Waals surface area contributed by atoms with E-state index in [-0.39, 0.29) is 13.2 Å². The topological polar surface area (TPSA) is 55.8 Å². The largest absolute Gasteiger partial charge is 0.465 e. The van der Waals surface area contributed by atoms with Crippen molar-refractivity contribution in [1.82, 2.24) is 4.90 Å². The van der Waals surface area contributed by atoms with Crippen molar-refractivity contribution in [2.24, 2.45) is 0 Å². The normalized spacial score (nSPS) is 17.2. The number of carbonyl (C=O) groups excluding carboxylic acids is 2. The van der Waals surface area contributed by atoms with Crippen LogP contribution in [-0.2, 0) is 19.9 Å². The lowest BCUT2D eigenvalue weighted by Crippen LogP contribution is -2.39. The van der Waals surface area contributed by atoms with Crippen LogP contribution in [0, 0.1) is 11.6 Å². The van der Waals surface area contributed by atoms with Gasteiger partial charge in [-0.15, -0.1) is 0 Å². The van der Waals surface area contributed by atoms with E-state index >= 15 is 0 Å². The molecule has 0 aromatic heterocycles. The molecule has 0 bridgehead atoms. The number of esters is 1. The molecule has 1 atom stereocenters. The highest BCUT2D eigenvalue weighted by atomic mass is 19.1. The van der Waals surface area contributed by atoms with Crippen LogP contribution >= 0.6 is 0 Å². The van der Waals surface area contributed by atoms with Crippen LogP contribution in [0.15, 0.2) is 78.9 Å². The molecule has 1 fully saturated rings. The van der Waals surface area contributed by atoms with Crippen LogP contribution in [0.1, 0.15) is 29.7 Å².